The summed E-state index contributed by atoms with van der Waals surface area (Å²) in [7, 11) is 0. The van der Waals surface area contributed by atoms with Crippen LogP contribution in [0.2, 0.25) is 0 Å². The van der Waals surface area contributed by atoms with Gasteiger partial charge >= 0.3 is 0 Å². The molecule has 0 atom stereocenters. The molecule has 124 valence electrons. The number of nitrogens with one attached hydrogen (secondary N) is 1. The zero-order valence-corrected chi connectivity index (χ0v) is 13.7. The predicted molar refractivity (Wildman–Crippen MR) is 97.0 cm³/mol. The number of amides is 1. The first-order chi connectivity index (χ1) is 12.2. The van der Waals surface area contributed by atoms with E-state index in [2.05, 4.69) is 15.5 Å². The number of hydrogen-bond donors (Lipinski definition) is 1. The van der Waals surface area contributed by atoms with E-state index in [1.165, 1.54) is 5.56 Å². The number of rotatable bonds is 5. The van der Waals surface area contributed by atoms with E-state index in [0.29, 0.717) is 11.3 Å². The molecule has 0 unspecified atom stereocenters. The van der Waals surface area contributed by atoms with Crippen LogP contribution in [0.15, 0.2) is 78.0 Å². The highest BCUT2D eigenvalue weighted by atomic mass is 16.5. The number of benzene rings is 2. The number of carbonyl (C=O) groups excluding carboxylic acids is 1. The molecule has 0 saturated heterocycles. The second-order valence-corrected chi connectivity index (χ2v) is 5.38. The minimum atomic E-state index is -0.387. The van der Waals surface area contributed by atoms with Crippen LogP contribution in [0.1, 0.15) is 21.5 Å². The van der Waals surface area contributed by atoms with Gasteiger partial charge in [0.15, 0.2) is 0 Å². The molecule has 0 spiro atoms. The first-order valence-corrected chi connectivity index (χ1v) is 7.80. The van der Waals surface area contributed by atoms with Crippen molar-refractivity contribution in [3.8, 4) is 11.6 Å². The Labute approximate surface area is 146 Å². The van der Waals surface area contributed by atoms with Gasteiger partial charge in [-0.25, -0.2) is 10.4 Å². The fourth-order valence-electron chi connectivity index (χ4n) is 2.12. The van der Waals surface area contributed by atoms with Crippen LogP contribution in [0, 0.1) is 6.92 Å². The third-order valence-electron chi connectivity index (χ3n) is 3.43. The van der Waals surface area contributed by atoms with Crippen molar-refractivity contribution in [1.29, 1.82) is 0 Å². The average Bonchev–Trinajstić information content (AvgIpc) is 2.64. The Morgan fingerprint density at radius 3 is 2.56 bits per heavy atom. The van der Waals surface area contributed by atoms with Gasteiger partial charge < -0.3 is 4.74 Å². The highest BCUT2D eigenvalue weighted by molar-refractivity contribution is 5.96. The monoisotopic (exact) mass is 331 g/mol. The molecule has 2 aromatic carbocycles. The predicted octanol–water partition coefficient (Wildman–Crippen LogP) is 3.95. The average molecular weight is 331 g/mol. The van der Waals surface area contributed by atoms with Crippen molar-refractivity contribution >= 4 is 12.1 Å². The van der Waals surface area contributed by atoms with Crippen LogP contribution in [0.4, 0.5) is 0 Å². The van der Waals surface area contributed by atoms with Gasteiger partial charge in [0.2, 0.25) is 5.88 Å². The van der Waals surface area contributed by atoms with Crippen LogP contribution in [0.25, 0.3) is 0 Å². The molecule has 0 fully saturated rings. The van der Waals surface area contributed by atoms with Gasteiger partial charge in [-0.2, -0.15) is 5.10 Å². The zero-order valence-electron chi connectivity index (χ0n) is 13.7. The lowest BCUT2D eigenvalue weighted by atomic mass is 10.2. The number of ether oxygens (including phenoxy) is 1. The molecule has 1 aromatic heterocycles. The maximum Gasteiger partial charge on any atom is 0.276 e. The molecule has 0 saturated carbocycles. The van der Waals surface area contributed by atoms with Crippen molar-refractivity contribution in [3.63, 3.8) is 0 Å². The van der Waals surface area contributed by atoms with Gasteiger partial charge in [0.05, 0.1) is 6.21 Å². The Morgan fingerprint density at radius 2 is 1.80 bits per heavy atom. The molecular weight excluding hydrogens is 314 g/mol. The second kappa shape index (κ2) is 7.88. The molecule has 0 aliphatic heterocycles. The van der Waals surface area contributed by atoms with Gasteiger partial charge in [-0.1, -0.05) is 48.0 Å². The van der Waals surface area contributed by atoms with Crippen LogP contribution in [-0.4, -0.2) is 17.1 Å². The van der Waals surface area contributed by atoms with E-state index in [4.69, 9.17) is 4.74 Å². The largest absolute Gasteiger partial charge is 0.438 e. The molecule has 1 heterocycles. The van der Waals surface area contributed by atoms with E-state index in [1.54, 1.807) is 36.7 Å². The van der Waals surface area contributed by atoms with Gasteiger partial charge in [-0.15, -0.1) is 0 Å². The van der Waals surface area contributed by atoms with Crippen molar-refractivity contribution < 1.29 is 9.53 Å². The van der Waals surface area contributed by atoms with Crippen LogP contribution >= 0.6 is 0 Å². The molecule has 5 heteroatoms. The summed E-state index contributed by atoms with van der Waals surface area (Å²) in [6, 6.07) is 20.3. The van der Waals surface area contributed by atoms with Crippen LogP contribution in [-0.2, 0) is 0 Å². The Kier molecular flexibility index (Phi) is 5.16. The third-order valence-corrected chi connectivity index (χ3v) is 3.43. The molecule has 3 rings (SSSR count). The van der Waals surface area contributed by atoms with E-state index in [0.717, 1.165) is 5.56 Å². The number of nitrogens with zero attached hydrogens (tertiary/aromatic N) is 2. The minimum Gasteiger partial charge on any atom is -0.438 e. The van der Waals surface area contributed by atoms with E-state index >= 15 is 0 Å². The molecule has 0 bridgehead atoms. The number of aryl methyl sites for hydroxylation is 1. The molecule has 25 heavy (non-hydrogen) atoms. The Morgan fingerprint density at radius 1 is 1.04 bits per heavy atom. The Bertz CT molecular complexity index is 875. The summed E-state index contributed by atoms with van der Waals surface area (Å²) in [6.45, 7) is 2.01. The van der Waals surface area contributed by atoms with Gasteiger partial charge in [-0.05, 0) is 36.8 Å². The number of hydrogen-bond acceptors (Lipinski definition) is 4. The highest BCUT2D eigenvalue weighted by Crippen LogP contribution is 2.22. The zero-order chi connectivity index (χ0) is 17.5. The Balaban J connectivity index is 1.70. The van der Waals surface area contributed by atoms with Gasteiger partial charge in [0.1, 0.15) is 11.3 Å². The summed E-state index contributed by atoms with van der Waals surface area (Å²) in [5.74, 6) is 0.456. The summed E-state index contributed by atoms with van der Waals surface area (Å²) in [4.78, 5) is 16.5. The molecule has 1 amide bonds. The van der Waals surface area contributed by atoms with Crippen molar-refractivity contribution in [1.82, 2.24) is 10.4 Å². The van der Waals surface area contributed by atoms with Crippen LogP contribution in [0.3, 0.4) is 0 Å². The van der Waals surface area contributed by atoms with Gasteiger partial charge in [0.25, 0.3) is 5.91 Å². The van der Waals surface area contributed by atoms with E-state index in [-0.39, 0.29) is 11.8 Å². The minimum absolute atomic E-state index is 0.233. The lowest BCUT2D eigenvalue weighted by Crippen LogP contribution is -2.18. The number of para-hydroxylation sites is 1. The molecule has 0 aliphatic carbocycles. The standard InChI is InChI=1S/C20H17N3O2/c1-15-9-11-16(12-10-15)14-22-23-19(24)18-8-5-13-21-20(18)25-17-6-3-2-4-7-17/h2-14H,1H3,(H,23,24)/b22-14+. The Hall–Kier alpha value is -3.47. The van der Waals surface area contributed by atoms with Crippen molar-refractivity contribution in [2.24, 2.45) is 5.10 Å². The molecular formula is C20H17N3O2. The van der Waals surface area contributed by atoms with Crippen LogP contribution < -0.4 is 10.2 Å². The quantitative estimate of drug-likeness (QED) is 0.569. The normalized spacial score (nSPS) is 10.6. The fourth-order valence-corrected chi connectivity index (χ4v) is 2.12. The van der Waals surface area contributed by atoms with E-state index < -0.39 is 0 Å². The second-order valence-electron chi connectivity index (χ2n) is 5.38. The lowest BCUT2D eigenvalue weighted by Gasteiger charge is -2.08. The topological polar surface area (TPSA) is 63.6 Å². The number of hydrazone groups is 1. The first kappa shape index (κ1) is 16.4. The highest BCUT2D eigenvalue weighted by Gasteiger charge is 2.13. The molecule has 0 aliphatic rings. The lowest BCUT2D eigenvalue weighted by molar-refractivity contribution is 0.0952. The molecule has 3 aromatic rings. The molecule has 0 radical (unpaired) electrons. The number of carbonyl (C=O) groups is 1. The maximum atomic E-state index is 12.4. The van der Waals surface area contributed by atoms with Crippen molar-refractivity contribution in [2.75, 3.05) is 0 Å². The molecule has 5 nitrogen and oxygen atoms in total. The van der Waals surface area contributed by atoms with Gasteiger partial charge in [0, 0.05) is 6.20 Å². The fraction of sp³-hybridized carbons (Fsp3) is 0.0500. The number of pyridine rings is 1. The van der Waals surface area contributed by atoms with Crippen molar-refractivity contribution in [3.05, 3.63) is 89.6 Å². The summed E-state index contributed by atoms with van der Waals surface area (Å²) >= 11 is 0. The smallest absolute Gasteiger partial charge is 0.276 e. The SMILES string of the molecule is Cc1ccc(/C=N/NC(=O)c2cccnc2Oc2ccccc2)cc1. The van der Waals surface area contributed by atoms with E-state index in [1.807, 2.05) is 49.4 Å². The maximum absolute atomic E-state index is 12.4. The molecule has 1 N–H and O–H groups in total. The van der Waals surface area contributed by atoms with Crippen LogP contribution in [0.5, 0.6) is 11.6 Å². The number of aromatic nitrogens is 1. The summed E-state index contributed by atoms with van der Waals surface area (Å²) in [5, 5.41) is 3.99. The first-order valence-electron chi connectivity index (χ1n) is 7.80. The summed E-state index contributed by atoms with van der Waals surface area (Å²) < 4.78 is 5.68. The van der Waals surface area contributed by atoms with E-state index in [9.17, 15) is 4.79 Å². The third kappa shape index (κ3) is 4.51. The van der Waals surface area contributed by atoms with Crippen molar-refractivity contribution in [2.45, 2.75) is 6.92 Å². The van der Waals surface area contributed by atoms with Gasteiger partial charge in [-0.3, -0.25) is 4.79 Å². The summed E-state index contributed by atoms with van der Waals surface area (Å²) in [6.07, 6.45) is 3.16. The summed E-state index contributed by atoms with van der Waals surface area (Å²) in [5.41, 5.74) is 4.88.